The normalized spacial score (nSPS) is 12.5. The molecule has 31 heavy (non-hydrogen) atoms. The first-order valence-electron chi connectivity index (χ1n) is 10.3. The van der Waals surface area contributed by atoms with Crippen LogP contribution in [0.1, 0.15) is 31.4 Å². The van der Waals surface area contributed by atoms with Gasteiger partial charge in [-0.1, -0.05) is 74.5 Å². The van der Waals surface area contributed by atoms with Crippen LogP contribution in [-0.2, 0) is 32.1 Å². The van der Waals surface area contributed by atoms with Crippen molar-refractivity contribution >= 4 is 18.0 Å². The molecule has 2 atom stereocenters. The van der Waals surface area contributed by atoms with Crippen LogP contribution < -0.4 is 10.6 Å². The number of methoxy groups -OCH3 is 1. The van der Waals surface area contributed by atoms with Crippen molar-refractivity contribution in [3.63, 3.8) is 0 Å². The smallest absolute Gasteiger partial charge is 0.408 e. The standard InChI is InChI=1S/C24H30N2O5/c1-17(2)14-21(23(28)30-3)25-22(27)20(15-18-10-6-4-7-11-18)26-24(29)31-16-19-12-8-5-9-13-19/h4-13,17,20-21H,14-16H2,1-3H3,(H,25,27)(H,26,29)/t20-,21-/m0/s1. The van der Waals surface area contributed by atoms with Crippen molar-refractivity contribution in [2.45, 2.75) is 45.4 Å². The van der Waals surface area contributed by atoms with Crippen LogP contribution in [0, 0.1) is 5.92 Å². The molecule has 0 heterocycles. The SMILES string of the molecule is COC(=O)[C@H](CC(C)C)NC(=O)[C@H](Cc1ccccc1)NC(=O)OCc1ccccc1. The number of rotatable bonds is 10. The summed E-state index contributed by atoms with van der Waals surface area (Å²) in [7, 11) is 1.28. The Morgan fingerprint density at radius 3 is 1.97 bits per heavy atom. The fraction of sp³-hybridized carbons (Fsp3) is 0.375. The van der Waals surface area contributed by atoms with Crippen molar-refractivity contribution in [2.75, 3.05) is 7.11 Å². The van der Waals surface area contributed by atoms with Gasteiger partial charge in [0, 0.05) is 6.42 Å². The zero-order valence-corrected chi connectivity index (χ0v) is 18.2. The topological polar surface area (TPSA) is 93.7 Å². The van der Waals surface area contributed by atoms with E-state index in [9.17, 15) is 14.4 Å². The van der Waals surface area contributed by atoms with E-state index >= 15 is 0 Å². The number of esters is 1. The quantitative estimate of drug-likeness (QED) is 0.569. The van der Waals surface area contributed by atoms with Crippen LogP contribution in [0.15, 0.2) is 60.7 Å². The van der Waals surface area contributed by atoms with E-state index < -0.39 is 30.1 Å². The second-order valence-electron chi connectivity index (χ2n) is 7.66. The third-order valence-corrected chi connectivity index (χ3v) is 4.61. The van der Waals surface area contributed by atoms with Crippen LogP contribution in [0.2, 0.25) is 0 Å². The number of carbonyl (C=O) groups is 3. The van der Waals surface area contributed by atoms with Crippen molar-refractivity contribution in [1.82, 2.24) is 10.6 Å². The van der Waals surface area contributed by atoms with Gasteiger partial charge in [0.15, 0.2) is 0 Å². The molecule has 0 aromatic heterocycles. The first-order valence-corrected chi connectivity index (χ1v) is 10.3. The van der Waals surface area contributed by atoms with Gasteiger partial charge in [-0.25, -0.2) is 9.59 Å². The lowest BCUT2D eigenvalue weighted by Crippen LogP contribution is -2.53. The van der Waals surface area contributed by atoms with E-state index in [0.717, 1.165) is 11.1 Å². The van der Waals surface area contributed by atoms with Crippen LogP contribution >= 0.6 is 0 Å². The van der Waals surface area contributed by atoms with Crippen LogP contribution in [0.5, 0.6) is 0 Å². The fourth-order valence-corrected chi connectivity index (χ4v) is 3.07. The Morgan fingerprint density at radius 1 is 0.839 bits per heavy atom. The summed E-state index contributed by atoms with van der Waals surface area (Å²) < 4.78 is 10.1. The molecule has 0 fully saturated rings. The minimum absolute atomic E-state index is 0.0878. The van der Waals surface area contributed by atoms with Gasteiger partial charge in [0.1, 0.15) is 18.7 Å². The second kappa shape index (κ2) is 12.4. The Kier molecular flexibility index (Phi) is 9.55. The first kappa shape index (κ1) is 23.9. The molecule has 7 nitrogen and oxygen atoms in total. The number of hydrogen-bond donors (Lipinski definition) is 2. The predicted molar refractivity (Wildman–Crippen MR) is 117 cm³/mol. The molecule has 0 bridgehead atoms. The van der Waals surface area contributed by atoms with E-state index in [1.54, 1.807) is 0 Å². The zero-order valence-electron chi connectivity index (χ0n) is 18.2. The summed E-state index contributed by atoms with van der Waals surface area (Å²) in [6.45, 7) is 3.98. The molecule has 2 aromatic rings. The lowest BCUT2D eigenvalue weighted by Gasteiger charge is -2.23. The van der Waals surface area contributed by atoms with Crippen LogP contribution in [0.4, 0.5) is 4.79 Å². The molecule has 0 radical (unpaired) electrons. The van der Waals surface area contributed by atoms with E-state index in [4.69, 9.17) is 9.47 Å². The summed E-state index contributed by atoms with van der Waals surface area (Å²) in [4.78, 5) is 37.4. The molecule has 7 heteroatoms. The Hall–Kier alpha value is -3.35. The summed E-state index contributed by atoms with van der Waals surface area (Å²) in [6, 6.07) is 16.9. The van der Waals surface area contributed by atoms with E-state index in [0.29, 0.717) is 6.42 Å². The van der Waals surface area contributed by atoms with Crippen LogP contribution in [0.3, 0.4) is 0 Å². The number of benzene rings is 2. The predicted octanol–water partition coefficient (Wildman–Crippen LogP) is 3.23. The van der Waals surface area contributed by atoms with Gasteiger partial charge < -0.3 is 20.1 Å². The highest BCUT2D eigenvalue weighted by Crippen LogP contribution is 2.09. The average Bonchev–Trinajstić information content (AvgIpc) is 2.77. The Morgan fingerprint density at radius 2 is 1.42 bits per heavy atom. The molecule has 2 amide bonds. The van der Waals surface area contributed by atoms with Crippen molar-refractivity contribution in [3.05, 3.63) is 71.8 Å². The number of nitrogens with one attached hydrogen (secondary N) is 2. The van der Waals surface area contributed by atoms with Crippen molar-refractivity contribution < 1.29 is 23.9 Å². The van der Waals surface area contributed by atoms with E-state index in [1.165, 1.54) is 7.11 Å². The third kappa shape index (κ3) is 8.50. The molecule has 0 saturated heterocycles. The monoisotopic (exact) mass is 426 g/mol. The number of amides is 2. The van der Waals surface area contributed by atoms with E-state index in [1.807, 2.05) is 74.5 Å². The lowest BCUT2D eigenvalue weighted by molar-refractivity contribution is -0.145. The van der Waals surface area contributed by atoms with E-state index in [-0.39, 0.29) is 18.9 Å². The number of alkyl carbamates (subject to hydrolysis) is 1. The fourth-order valence-electron chi connectivity index (χ4n) is 3.07. The molecule has 0 spiro atoms. The first-order chi connectivity index (χ1) is 14.9. The Labute approximate surface area is 183 Å². The molecule has 2 N–H and O–H groups in total. The Bertz CT molecular complexity index is 840. The minimum atomic E-state index is -0.912. The van der Waals surface area contributed by atoms with Gasteiger partial charge in [0.25, 0.3) is 0 Å². The summed E-state index contributed by atoms with van der Waals surface area (Å²) in [5.74, 6) is -0.829. The average molecular weight is 427 g/mol. The maximum absolute atomic E-state index is 13.0. The highest BCUT2D eigenvalue weighted by molar-refractivity contribution is 5.89. The molecule has 2 aromatic carbocycles. The maximum Gasteiger partial charge on any atom is 0.408 e. The maximum atomic E-state index is 13.0. The van der Waals surface area contributed by atoms with Crippen molar-refractivity contribution in [1.29, 1.82) is 0 Å². The van der Waals surface area contributed by atoms with Gasteiger partial charge in [0.2, 0.25) is 5.91 Å². The van der Waals surface area contributed by atoms with Gasteiger partial charge in [-0.05, 0) is 23.5 Å². The number of ether oxygens (including phenoxy) is 2. The highest BCUT2D eigenvalue weighted by atomic mass is 16.5. The largest absolute Gasteiger partial charge is 0.467 e. The third-order valence-electron chi connectivity index (χ3n) is 4.61. The molecular weight excluding hydrogens is 396 g/mol. The van der Waals surface area contributed by atoms with E-state index in [2.05, 4.69) is 10.6 Å². The van der Waals surface area contributed by atoms with Crippen LogP contribution in [0.25, 0.3) is 0 Å². The van der Waals surface area contributed by atoms with Crippen molar-refractivity contribution in [2.24, 2.45) is 5.92 Å². The molecule has 166 valence electrons. The molecule has 0 aliphatic heterocycles. The summed E-state index contributed by atoms with van der Waals surface area (Å²) >= 11 is 0. The summed E-state index contributed by atoms with van der Waals surface area (Å²) in [5, 5.41) is 5.34. The minimum Gasteiger partial charge on any atom is -0.467 e. The summed E-state index contributed by atoms with van der Waals surface area (Å²) in [5.41, 5.74) is 1.70. The van der Waals surface area contributed by atoms with Gasteiger partial charge >= 0.3 is 12.1 Å². The molecule has 0 saturated carbocycles. The number of hydrogen-bond acceptors (Lipinski definition) is 5. The van der Waals surface area contributed by atoms with Crippen LogP contribution in [-0.4, -0.2) is 37.2 Å². The highest BCUT2D eigenvalue weighted by Gasteiger charge is 2.28. The summed E-state index contributed by atoms with van der Waals surface area (Å²) in [6.07, 6.45) is -0.0316. The molecule has 0 aliphatic rings. The lowest BCUT2D eigenvalue weighted by atomic mass is 10.0. The van der Waals surface area contributed by atoms with Crippen molar-refractivity contribution in [3.8, 4) is 0 Å². The number of carbonyl (C=O) groups excluding carboxylic acids is 3. The van der Waals surface area contributed by atoms with Gasteiger partial charge in [0.05, 0.1) is 7.11 Å². The van der Waals surface area contributed by atoms with Gasteiger partial charge in [-0.15, -0.1) is 0 Å². The zero-order chi connectivity index (χ0) is 22.6. The Balaban J connectivity index is 2.08. The second-order valence-corrected chi connectivity index (χ2v) is 7.66. The molecule has 0 aliphatic carbocycles. The molecule has 0 unspecified atom stereocenters. The van der Waals surface area contributed by atoms with Gasteiger partial charge in [-0.2, -0.15) is 0 Å². The van der Waals surface area contributed by atoms with Gasteiger partial charge in [-0.3, -0.25) is 4.79 Å². The molecule has 2 rings (SSSR count). The molecular formula is C24H30N2O5.